The van der Waals surface area contributed by atoms with Crippen LogP contribution >= 0.6 is 11.6 Å². The Balaban J connectivity index is 4.61. The Morgan fingerprint density at radius 2 is 1.22 bits per heavy atom. The molecule has 0 aromatic rings. The first-order valence-electron chi connectivity index (χ1n) is 5.87. The van der Waals surface area contributed by atoms with Gasteiger partial charge in [0.05, 0.1) is 19.8 Å². The number of alkyl halides is 1. The zero-order valence-electron chi connectivity index (χ0n) is 11.1. The highest BCUT2D eigenvalue weighted by Gasteiger charge is 2.53. The van der Waals surface area contributed by atoms with Crippen LogP contribution in [0.25, 0.3) is 0 Å². The second-order valence-electron chi connectivity index (χ2n) is 2.91. The zero-order valence-corrected chi connectivity index (χ0v) is 12.9. The summed E-state index contributed by atoms with van der Waals surface area (Å²) in [5, 5.41) is 0. The van der Waals surface area contributed by atoms with E-state index in [1.165, 1.54) is 0 Å². The van der Waals surface area contributed by atoms with Crippen LogP contribution in [-0.2, 0) is 32.8 Å². The molecular weight excluding hydrogens is 284 g/mol. The molecule has 0 saturated carbocycles. The van der Waals surface area contributed by atoms with E-state index in [1.807, 2.05) is 6.92 Å². The van der Waals surface area contributed by atoms with E-state index >= 15 is 0 Å². The van der Waals surface area contributed by atoms with Gasteiger partial charge in [0, 0.05) is 0 Å². The number of rotatable bonds is 12. The van der Waals surface area contributed by atoms with E-state index in [4.69, 9.17) is 44.4 Å². The van der Waals surface area contributed by atoms with Crippen molar-refractivity contribution in [2.75, 3.05) is 19.8 Å². The molecule has 0 aliphatic heterocycles. The van der Waals surface area contributed by atoms with Crippen molar-refractivity contribution in [3.05, 3.63) is 0 Å². The first kappa shape index (κ1) is 18.2. The van der Waals surface area contributed by atoms with Gasteiger partial charge in [0.15, 0.2) is 0 Å². The van der Waals surface area contributed by atoms with Crippen molar-refractivity contribution in [3.8, 4) is 0 Å². The average Bonchev–Trinajstić information content (AvgIpc) is 2.40. The molecule has 0 amide bonds. The Morgan fingerprint density at radius 1 is 0.833 bits per heavy atom. The summed E-state index contributed by atoms with van der Waals surface area (Å²) in [5.41, 5.74) is -0.668. The first-order valence-corrected chi connectivity index (χ1v) is 7.94. The summed E-state index contributed by atoms with van der Waals surface area (Å²) in [6.45, 7) is 7.88. The van der Waals surface area contributed by atoms with Crippen molar-refractivity contribution in [2.45, 2.75) is 39.7 Å². The van der Waals surface area contributed by atoms with E-state index in [0.29, 0.717) is 6.42 Å². The van der Waals surface area contributed by atoms with Gasteiger partial charge in [-0.25, -0.2) is 14.7 Å². The van der Waals surface area contributed by atoms with Crippen molar-refractivity contribution in [3.63, 3.8) is 0 Å². The molecule has 7 nitrogen and oxygen atoms in total. The van der Waals surface area contributed by atoms with Gasteiger partial charge in [-0.15, -0.1) is 0 Å². The highest BCUT2D eigenvalue weighted by atomic mass is 35.5. The van der Waals surface area contributed by atoms with E-state index in [-0.39, 0.29) is 19.8 Å². The normalized spacial score (nSPS) is 13.8. The zero-order chi connectivity index (χ0) is 13.9. The summed E-state index contributed by atoms with van der Waals surface area (Å²) in [7, 11) is -3.74. The predicted octanol–water partition coefficient (Wildman–Crippen LogP) is 2.32. The third-order valence-corrected chi connectivity index (χ3v) is 3.52. The summed E-state index contributed by atoms with van der Waals surface area (Å²) in [5.74, 6) is 0. The Bertz CT molecular complexity index is 176. The maximum atomic E-state index is 5.89. The Hall–Kier alpha value is 0.227. The number of hydrogen-bond donors (Lipinski definition) is 0. The van der Waals surface area contributed by atoms with Gasteiger partial charge >= 0.3 is 9.05 Å². The Morgan fingerprint density at radius 3 is 1.50 bits per heavy atom. The molecule has 0 radical (unpaired) electrons. The van der Waals surface area contributed by atoms with E-state index in [2.05, 4.69) is 0 Å². The molecule has 1 atom stereocenters. The number of halogens is 1. The van der Waals surface area contributed by atoms with Crippen LogP contribution in [-0.4, -0.2) is 34.4 Å². The molecule has 0 spiro atoms. The van der Waals surface area contributed by atoms with E-state index < -0.39 is 14.6 Å². The topological polar surface area (TPSA) is 64.6 Å². The minimum Gasteiger partial charge on any atom is -0.330 e. The molecule has 1 unspecified atom stereocenters. The molecule has 0 aromatic heterocycles. The third-order valence-electron chi connectivity index (χ3n) is 1.43. The molecule has 18 heavy (non-hydrogen) atoms. The van der Waals surface area contributed by atoms with Crippen LogP contribution in [0.5, 0.6) is 0 Å². The summed E-state index contributed by atoms with van der Waals surface area (Å²) in [4.78, 5) is 14.4. The van der Waals surface area contributed by atoms with Gasteiger partial charge in [-0.3, -0.25) is 0 Å². The van der Waals surface area contributed by atoms with Gasteiger partial charge in [0.25, 0.3) is 0 Å². The van der Waals surface area contributed by atoms with Crippen molar-refractivity contribution in [1.82, 2.24) is 0 Å². The summed E-state index contributed by atoms with van der Waals surface area (Å²) in [6.07, 6.45) is 0.525. The fourth-order valence-corrected chi connectivity index (χ4v) is 2.53. The van der Waals surface area contributed by atoms with Gasteiger partial charge in [0.2, 0.25) is 0 Å². The molecule has 0 aliphatic carbocycles. The maximum absolute atomic E-state index is 5.89. The van der Waals surface area contributed by atoms with Crippen LogP contribution < -0.4 is 0 Å². The molecule has 0 aromatic carbocycles. The lowest BCUT2D eigenvalue weighted by Gasteiger charge is -2.25. The van der Waals surface area contributed by atoms with Crippen molar-refractivity contribution in [2.24, 2.45) is 0 Å². The molecule has 0 N–H and O–H groups in total. The van der Waals surface area contributed by atoms with Crippen LogP contribution in [0, 0.1) is 0 Å². The van der Waals surface area contributed by atoms with Gasteiger partial charge in [-0.1, -0.05) is 18.5 Å². The largest absolute Gasteiger partial charge is 0.765 e. The van der Waals surface area contributed by atoms with Crippen LogP contribution in [0.3, 0.4) is 0 Å². The van der Waals surface area contributed by atoms with E-state index in [1.54, 1.807) is 20.8 Å². The molecule has 110 valence electrons. The molecule has 9 heteroatoms. The smallest absolute Gasteiger partial charge is 0.330 e. The van der Waals surface area contributed by atoms with Gasteiger partial charge < -0.3 is 4.43 Å². The van der Waals surface area contributed by atoms with Crippen LogP contribution in [0.4, 0.5) is 0 Å². The second-order valence-corrected chi connectivity index (χ2v) is 5.13. The molecule has 0 heterocycles. The molecule has 0 aliphatic rings. The first-order chi connectivity index (χ1) is 8.64. The molecule has 0 saturated heterocycles. The lowest BCUT2D eigenvalue weighted by atomic mass is 10.5. The highest BCUT2D eigenvalue weighted by Crippen LogP contribution is 2.19. The van der Waals surface area contributed by atoms with E-state index in [9.17, 15) is 0 Å². The summed E-state index contributed by atoms with van der Waals surface area (Å²) >= 11 is 5.89. The van der Waals surface area contributed by atoms with Crippen molar-refractivity contribution in [1.29, 1.82) is 0 Å². The second kappa shape index (κ2) is 11.1. The minimum absolute atomic E-state index is 0.280. The maximum Gasteiger partial charge on any atom is 0.765 e. The quantitative estimate of drug-likeness (QED) is 0.237. The molecule has 0 fully saturated rings. The van der Waals surface area contributed by atoms with Gasteiger partial charge in [-0.05, 0) is 27.2 Å². The average molecular weight is 305 g/mol. The number of hydrogen-bond acceptors (Lipinski definition) is 7. The fraction of sp³-hybridized carbons (Fsp3) is 1.00. The van der Waals surface area contributed by atoms with Gasteiger partial charge in [-0.2, -0.15) is 13.7 Å². The Kier molecular flexibility index (Phi) is 11.2. The van der Waals surface area contributed by atoms with Crippen LogP contribution in [0.1, 0.15) is 34.1 Å². The molecular formula is C9H21ClO7Si. The lowest BCUT2D eigenvalue weighted by molar-refractivity contribution is -0.386. The molecule has 0 bridgehead atoms. The summed E-state index contributed by atoms with van der Waals surface area (Å²) in [6, 6.07) is 0. The fourth-order valence-electron chi connectivity index (χ4n) is 0.734. The highest BCUT2D eigenvalue weighted by molar-refractivity contribution is 6.53. The third kappa shape index (κ3) is 7.62. The lowest BCUT2D eigenvalue weighted by Crippen LogP contribution is -2.50. The van der Waals surface area contributed by atoms with Crippen molar-refractivity contribution >= 4 is 20.6 Å². The standard InChI is InChI=1S/C9H21ClO7Si/c1-5-9(10)14-18(15-11-6-2,16-12-7-3)17-13-8-4/h9H,5-8H2,1-4H3. The van der Waals surface area contributed by atoms with Crippen LogP contribution in [0.15, 0.2) is 0 Å². The predicted molar refractivity (Wildman–Crippen MR) is 64.9 cm³/mol. The minimum atomic E-state index is -3.74. The van der Waals surface area contributed by atoms with Gasteiger partial charge in [0.1, 0.15) is 5.56 Å². The van der Waals surface area contributed by atoms with E-state index in [0.717, 1.165) is 0 Å². The van der Waals surface area contributed by atoms with Crippen LogP contribution in [0.2, 0.25) is 0 Å². The Labute approximate surface area is 113 Å². The molecule has 0 rings (SSSR count). The summed E-state index contributed by atoms with van der Waals surface area (Å²) < 4.78 is 20.3. The SMILES string of the molecule is CCOO[Si](OOCC)(OOCC)OC(Cl)CC. The van der Waals surface area contributed by atoms with Crippen molar-refractivity contribution < 1.29 is 32.8 Å². The monoisotopic (exact) mass is 304 g/mol.